The number of nitrogens with one attached hydrogen (secondary N) is 1. The largest absolute Gasteiger partial charge is 0.390 e. The fourth-order valence-electron chi connectivity index (χ4n) is 2.63. The third kappa shape index (κ3) is 5.55. The van der Waals surface area contributed by atoms with Crippen molar-refractivity contribution < 1.29 is 9.90 Å². The molecular weight excluding hydrogens is 310 g/mol. The van der Waals surface area contributed by atoms with Crippen molar-refractivity contribution in [2.75, 3.05) is 26.2 Å². The third-order valence-corrected chi connectivity index (χ3v) is 5.64. The predicted molar refractivity (Wildman–Crippen MR) is 94.0 cm³/mol. The van der Waals surface area contributed by atoms with Gasteiger partial charge >= 0.3 is 0 Å². The molecule has 0 aromatic carbocycles. The lowest BCUT2D eigenvalue weighted by Crippen LogP contribution is -2.42. The first-order chi connectivity index (χ1) is 10.8. The Bertz CT molecular complexity index is 516. The van der Waals surface area contributed by atoms with Gasteiger partial charge in [0.1, 0.15) is 4.88 Å². The molecule has 0 saturated carbocycles. The molecule has 0 aliphatic carbocycles. The van der Waals surface area contributed by atoms with Gasteiger partial charge in [0.05, 0.1) is 17.3 Å². The fraction of sp³-hybridized carbons (Fsp3) is 0.765. The van der Waals surface area contributed by atoms with Crippen LogP contribution in [0.5, 0.6) is 0 Å². The summed E-state index contributed by atoms with van der Waals surface area (Å²) in [7, 11) is 0. The van der Waals surface area contributed by atoms with Gasteiger partial charge in [-0.15, -0.1) is 11.3 Å². The van der Waals surface area contributed by atoms with Gasteiger partial charge in [-0.3, -0.25) is 4.79 Å². The second-order valence-electron chi connectivity index (χ2n) is 7.63. The Morgan fingerprint density at radius 3 is 2.70 bits per heavy atom. The van der Waals surface area contributed by atoms with Crippen molar-refractivity contribution in [2.45, 2.75) is 52.1 Å². The lowest BCUT2D eigenvalue weighted by atomic mass is 9.98. The molecule has 2 N–H and O–H groups in total. The van der Waals surface area contributed by atoms with Gasteiger partial charge in [0.15, 0.2) is 0 Å². The highest BCUT2D eigenvalue weighted by molar-refractivity contribution is 7.13. The number of nitrogens with zero attached hydrogens (tertiary/aromatic N) is 2. The first kappa shape index (κ1) is 18.4. The molecule has 0 bridgehead atoms. The molecule has 1 fully saturated rings. The molecule has 1 aromatic rings. The van der Waals surface area contributed by atoms with Crippen LogP contribution in [-0.2, 0) is 5.41 Å². The Morgan fingerprint density at radius 1 is 1.48 bits per heavy atom. The Morgan fingerprint density at radius 2 is 2.13 bits per heavy atom. The molecule has 2 rings (SSSR count). The highest BCUT2D eigenvalue weighted by atomic mass is 32.1. The topological polar surface area (TPSA) is 65.5 Å². The first-order valence-electron chi connectivity index (χ1n) is 8.40. The Balaban J connectivity index is 1.76. The quantitative estimate of drug-likeness (QED) is 0.864. The molecule has 1 aliphatic heterocycles. The van der Waals surface area contributed by atoms with Crippen LogP contribution in [0.4, 0.5) is 0 Å². The number of thiazole rings is 1. The van der Waals surface area contributed by atoms with E-state index in [9.17, 15) is 9.90 Å². The minimum atomic E-state index is -0.526. The van der Waals surface area contributed by atoms with E-state index in [-0.39, 0.29) is 17.9 Å². The third-order valence-electron chi connectivity index (χ3n) is 4.21. The summed E-state index contributed by atoms with van der Waals surface area (Å²) >= 11 is 1.42. The summed E-state index contributed by atoms with van der Waals surface area (Å²) in [6.45, 7) is 11.5. The maximum Gasteiger partial charge on any atom is 0.263 e. The number of hydrogen-bond acceptors (Lipinski definition) is 5. The summed E-state index contributed by atoms with van der Waals surface area (Å²) in [5.74, 6) is 0.635. The number of rotatable bonds is 5. The van der Waals surface area contributed by atoms with Gasteiger partial charge in [-0.25, -0.2) is 4.98 Å². The molecule has 0 radical (unpaired) electrons. The number of aliphatic hydroxyl groups is 1. The van der Waals surface area contributed by atoms with Crippen LogP contribution < -0.4 is 5.32 Å². The van der Waals surface area contributed by atoms with Gasteiger partial charge in [-0.1, -0.05) is 27.7 Å². The normalized spacial score (nSPS) is 18.8. The monoisotopic (exact) mass is 339 g/mol. The molecular formula is C17H29N3O2S. The second kappa shape index (κ2) is 7.73. The van der Waals surface area contributed by atoms with Crippen molar-refractivity contribution in [3.63, 3.8) is 0 Å². The first-order valence-corrected chi connectivity index (χ1v) is 9.22. The second-order valence-corrected chi connectivity index (χ2v) is 8.66. The zero-order valence-electron chi connectivity index (χ0n) is 14.6. The Labute approximate surface area is 143 Å². The van der Waals surface area contributed by atoms with E-state index in [4.69, 9.17) is 0 Å². The zero-order chi connectivity index (χ0) is 17.0. The van der Waals surface area contributed by atoms with Crippen molar-refractivity contribution in [3.8, 4) is 0 Å². The van der Waals surface area contributed by atoms with E-state index in [1.54, 1.807) is 6.20 Å². The summed E-state index contributed by atoms with van der Waals surface area (Å²) in [5.41, 5.74) is -0.0475. The number of carbonyl (C=O) groups excluding carboxylic acids is 1. The van der Waals surface area contributed by atoms with E-state index in [1.807, 2.05) is 0 Å². The highest BCUT2D eigenvalue weighted by Crippen LogP contribution is 2.26. The molecule has 1 atom stereocenters. The fourth-order valence-corrected chi connectivity index (χ4v) is 3.52. The summed E-state index contributed by atoms with van der Waals surface area (Å²) < 4.78 is 0. The Hall–Kier alpha value is -0.980. The van der Waals surface area contributed by atoms with E-state index in [2.05, 4.69) is 42.9 Å². The summed E-state index contributed by atoms with van der Waals surface area (Å²) in [6.07, 6.45) is 3.48. The minimum absolute atomic E-state index is 0.0475. The molecule has 1 aromatic heterocycles. The SMILES string of the molecule is CC1CCN(CC(O)CNC(=O)c2cnc(C(C)(C)C)s2)CC1. The average molecular weight is 340 g/mol. The van der Waals surface area contributed by atoms with E-state index in [0.717, 1.165) is 24.0 Å². The lowest BCUT2D eigenvalue weighted by Gasteiger charge is -2.31. The van der Waals surface area contributed by atoms with Crippen molar-refractivity contribution in [1.82, 2.24) is 15.2 Å². The number of β-amino-alcohol motifs (C(OH)–C–C–N with tert-alkyl or cyclic N) is 1. The number of carbonyl (C=O) groups is 1. The van der Waals surface area contributed by atoms with Crippen molar-refractivity contribution >= 4 is 17.2 Å². The van der Waals surface area contributed by atoms with Gasteiger partial charge in [0.2, 0.25) is 0 Å². The maximum absolute atomic E-state index is 12.2. The standard InChI is InChI=1S/C17H29N3O2S/c1-12-5-7-20(8-6-12)11-13(21)9-18-15(22)14-10-19-16(23-14)17(2,3)4/h10,12-13,21H,5-9,11H2,1-4H3,(H,18,22). The molecule has 1 saturated heterocycles. The molecule has 2 heterocycles. The van der Waals surface area contributed by atoms with Crippen LogP contribution in [0.2, 0.25) is 0 Å². The number of aromatic nitrogens is 1. The molecule has 5 nitrogen and oxygen atoms in total. The van der Waals surface area contributed by atoms with E-state index in [1.165, 1.54) is 24.2 Å². The smallest absolute Gasteiger partial charge is 0.263 e. The summed E-state index contributed by atoms with van der Waals surface area (Å²) in [4.78, 5) is 19.4. The molecule has 6 heteroatoms. The molecule has 130 valence electrons. The number of piperidine rings is 1. The van der Waals surface area contributed by atoms with Crippen LogP contribution >= 0.6 is 11.3 Å². The molecule has 1 amide bonds. The number of aliphatic hydroxyl groups excluding tert-OH is 1. The van der Waals surface area contributed by atoms with Crippen LogP contribution in [0, 0.1) is 5.92 Å². The van der Waals surface area contributed by atoms with Gasteiger partial charge in [-0.2, -0.15) is 0 Å². The van der Waals surface area contributed by atoms with Crippen LogP contribution in [0.1, 0.15) is 55.2 Å². The summed E-state index contributed by atoms with van der Waals surface area (Å²) in [6, 6.07) is 0. The molecule has 0 spiro atoms. The van der Waals surface area contributed by atoms with E-state index in [0.29, 0.717) is 11.4 Å². The highest BCUT2D eigenvalue weighted by Gasteiger charge is 2.21. The molecule has 1 unspecified atom stereocenters. The number of likely N-dealkylation sites (tertiary alicyclic amines) is 1. The maximum atomic E-state index is 12.2. The summed E-state index contributed by atoms with van der Waals surface area (Å²) in [5, 5.41) is 13.9. The van der Waals surface area contributed by atoms with E-state index < -0.39 is 6.10 Å². The molecule has 1 aliphatic rings. The van der Waals surface area contributed by atoms with Crippen molar-refractivity contribution in [3.05, 3.63) is 16.1 Å². The zero-order valence-corrected chi connectivity index (χ0v) is 15.4. The van der Waals surface area contributed by atoms with Crippen LogP contribution in [0.15, 0.2) is 6.20 Å². The van der Waals surface area contributed by atoms with Gasteiger partial charge in [0.25, 0.3) is 5.91 Å². The van der Waals surface area contributed by atoms with Gasteiger partial charge < -0.3 is 15.3 Å². The Kier molecular flexibility index (Phi) is 6.17. The van der Waals surface area contributed by atoms with Crippen LogP contribution in [-0.4, -0.2) is 53.2 Å². The number of amides is 1. The van der Waals surface area contributed by atoms with Crippen LogP contribution in [0.25, 0.3) is 0 Å². The van der Waals surface area contributed by atoms with Gasteiger partial charge in [0, 0.05) is 18.5 Å². The van der Waals surface area contributed by atoms with Crippen LogP contribution in [0.3, 0.4) is 0 Å². The number of hydrogen-bond donors (Lipinski definition) is 2. The molecule has 23 heavy (non-hydrogen) atoms. The van der Waals surface area contributed by atoms with Gasteiger partial charge in [-0.05, 0) is 31.8 Å². The van der Waals surface area contributed by atoms with Crippen molar-refractivity contribution in [1.29, 1.82) is 0 Å². The van der Waals surface area contributed by atoms with Crippen molar-refractivity contribution in [2.24, 2.45) is 5.92 Å². The average Bonchev–Trinajstić information content (AvgIpc) is 2.97. The lowest BCUT2D eigenvalue weighted by molar-refractivity contribution is 0.0797. The minimum Gasteiger partial charge on any atom is -0.390 e. The van der Waals surface area contributed by atoms with E-state index >= 15 is 0 Å². The predicted octanol–water partition coefficient (Wildman–Crippen LogP) is 2.26.